The Balaban J connectivity index is 1.60. The Morgan fingerprint density at radius 2 is 1.78 bits per heavy atom. The maximum atomic E-state index is 12.4. The summed E-state index contributed by atoms with van der Waals surface area (Å²) in [5.74, 6) is 2.50. The van der Waals surface area contributed by atoms with Gasteiger partial charge in [0.1, 0.15) is 0 Å². The van der Waals surface area contributed by atoms with Gasteiger partial charge in [-0.2, -0.15) is 0 Å². The molecule has 3 aliphatic heterocycles. The standard InChI is InChI=1S/C14H17NO2S6/c1-7(2)8(5-16)15-10(17)9-6-20-13(21-9)14-22-11-12(23-14)19-4-3-18-11/h6-8,16H,3-5H2,1-2H3,(H,15,17)/t8-/m0/s1. The molecule has 3 nitrogen and oxygen atoms in total. The van der Waals surface area contributed by atoms with Gasteiger partial charge in [0.15, 0.2) is 0 Å². The Morgan fingerprint density at radius 3 is 2.35 bits per heavy atom. The molecule has 0 spiro atoms. The summed E-state index contributed by atoms with van der Waals surface area (Å²) in [6.45, 7) is 3.97. The topological polar surface area (TPSA) is 49.3 Å². The van der Waals surface area contributed by atoms with Gasteiger partial charge in [-0.05, 0) is 11.3 Å². The van der Waals surface area contributed by atoms with E-state index in [0.717, 1.165) is 4.91 Å². The van der Waals surface area contributed by atoms with E-state index in [9.17, 15) is 9.90 Å². The molecular formula is C14H17NO2S6. The molecule has 0 radical (unpaired) electrons. The second kappa shape index (κ2) is 8.42. The van der Waals surface area contributed by atoms with E-state index in [-0.39, 0.29) is 24.5 Å². The van der Waals surface area contributed by atoms with Crippen molar-refractivity contribution in [3.8, 4) is 0 Å². The fraction of sp³-hybridized carbons (Fsp3) is 0.500. The molecule has 3 aliphatic rings. The van der Waals surface area contributed by atoms with Gasteiger partial charge in [-0.3, -0.25) is 4.79 Å². The number of aliphatic hydroxyl groups is 1. The molecule has 2 N–H and O–H groups in total. The zero-order valence-electron chi connectivity index (χ0n) is 12.7. The van der Waals surface area contributed by atoms with Crippen LogP contribution < -0.4 is 5.32 Å². The lowest BCUT2D eigenvalue weighted by atomic mass is 10.1. The molecule has 0 saturated carbocycles. The number of hydrogen-bond donors (Lipinski definition) is 2. The Morgan fingerprint density at radius 1 is 1.13 bits per heavy atom. The Bertz CT molecular complexity index is 578. The molecule has 0 fully saturated rings. The van der Waals surface area contributed by atoms with Crippen molar-refractivity contribution in [2.45, 2.75) is 19.9 Å². The first-order chi connectivity index (χ1) is 11.1. The summed E-state index contributed by atoms with van der Waals surface area (Å²) in [6, 6.07) is -0.192. The molecule has 3 rings (SSSR count). The summed E-state index contributed by atoms with van der Waals surface area (Å²) in [6.07, 6.45) is 0. The summed E-state index contributed by atoms with van der Waals surface area (Å²) < 4.78 is 5.35. The number of hydrogen-bond acceptors (Lipinski definition) is 8. The van der Waals surface area contributed by atoms with Gasteiger partial charge in [-0.1, -0.05) is 60.9 Å². The molecule has 1 amide bonds. The van der Waals surface area contributed by atoms with Crippen LogP contribution in [0.5, 0.6) is 0 Å². The highest BCUT2D eigenvalue weighted by atomic mass is 32.3. The third kappa shape index (κ3) is 4.48. The van der Waals surface area contributed by atoms with Crippen molar-refractivity contribution in [1.82, 2.24) is 5.32 Å². The van der Waals surface area contributed by atoms with Crippen LogP contribution in [0.2, 0.25) is 0 Å². The van der Waals surface area contributed by atoms with Gasteiger partial charge in [-0.15, -0.1) is 23.5 Å². The fourth-order valence-electron chi connectivity index (χ4n) is 1.91. The number of carbonyl (C=O) groups is 1. The van der Waals surface area contributed by atoms with Crippen molar-refractivity contribution in [2.24, 2.45) is 5.92 Å². The lowest BCUT2D eigenvalue weighted by Crippen LogP contribution is -2.41. The Hall–Kier alpha value is 0.750. The molecular weight excluding hydrogens is 407 g/mol. The summed E-state index contributed by atoms with van der Waals surface area (Å²) in [5.41, 5.74) is 0. The van der Waals surface area contributed by atoms with Crippen molar-refractivity contribution in [2.75, 3.05) is 18.1 Å². The highest BCUT2D eigenvalue weighted by molar-refractivity contribution is 8.43. The second-order valence-electron chi connectivity index (χ2n) is 5.26. The van der Waals surface area contributed by atoms with E-state index < -0.39 is 0 Å². The maximum Gasteiger partial charge on any atom is 0.258 e. The molecule has 1 atom stereocenters. The molecule has 23 heavy (non-hydrogen) atoms. The van der Waals surface area contributed by atoms with Crippen LogP contribution in [-0.4, -0.2) is 35.2 Å². The van der Waals surface area contributed by atoms with E-state index in [4.69, 9.17) is 0 Å². The Kier molecular flexibility index (Phi) is 6.79. The van der Waals surface area contributed by atoms with Crippen molar-refractivity contribution in [3.63, 3.8) is 0 Å². The second-order valence-corrected chi connectivity index (χ2v) is 12.5. The quantitative estimate of drug-likeness (QED) is 0.677. The molecule has 126 valence electrons. The molecule has 9 heteroatoms. The smallest absolute Gasteiger partial charge is 0.258 e. The van der Waals surface area contributed by atoms with Gasteiger partial charge in [0, 0.05) is 11.5 Å². The third-order valence-corrected chi connectivity index (χ3v) is 11.9. The van der Waals surface area contributed by atoms with Crippen LogP contribution >= 0.6 is 70.6 Å². The van der Waals surface area contributed by atoms with Gasteiger partial charge < -0.3 is 10.4 Å². The normalized spacial score (nSPS) is 22.5. The first-order valence-electron chi connectivity index (χ1n) is 7.14. The Labute approximate surface area is 162 Å². The first kappa shape index (κ1) is 18.5. The number of thioether (sulfide) groups is 6. The predicted molar refractivity (Wildman–Crippen MR) is 111 cm³/mol. The van der Waals surface area contributed by atoms with Crippen molar-refractivity contribution >= 4 is 76.5 Å². The molecule has 0 saturated heterocycles. The largest absolute Gasteiger partial charge is 0.394 e. The monoisotopic (exact) mass is 423 g/mol. The van der Waals surface area contributed by atoms with E-state index in [1.54, 1.807) is 23.5 Å². The predicted octanol–water partition coefficient (Wildman–Crippen LogP) is 4.65. The minimum atomic E-state index is -0.192. The van der Waals surface area contributed by atoms with Gasteiger partial charge in [0.05, 0.1) is 34.5 Å². The van der Waals surface area contributed by atoms with E-state index in [1.165, 1.54) is 28.5 Å². The SMILES string of the molecule is CC(C)[C@H](CO)NC(=O)C1=CSC(=C2SC3=C(SCCS3)S2)S1. The summed E-state index contributed by atoms with van der Waals surface area (Å²) >= 11 is 10.8. The molecule has 0 unspecified atom stereocenters. The average Bonchev–Trinajstić information content (AvgIpc) is 3.17. The van der Waals surface area contributed by atoms with E-state index >= 15 is 0 Å². The maximum absolute atomic E-state index is 12.4. The van der Waals surface area contributed by atoms with E-state index in [1.807, 2.05) is 66.3 Å². The number of rotatable bonds is 4. The molecule has 0 aliphatic carbocycles. The highest BCUT2D eigenvalue weighted by Gasteiger charge is 2.30. The van der Waals surface area contributed by atoms with E-state index in [2.05, 4.69) is 5.32 Å². The van der Waals surface area contributed by atoms with Crippen LogP contribution in [0.1, 0.15) is 13.8 Å². The lowest BCUT2D eigenvalue weighted by molar-refractivity contribution is -0.118. The van der Waals surface area contributed by atoms with Gasteiger partial charge in [0.25, 0.3) is 5.91 Å². The van der Waals surface area contributed by atoms with Gasteiger partial charge >= 0.3 is 0 Å². The molecule has 0 aromatic rings. The van der Waals surface area contributed by atoms with Crippen molar-refractivity contribution < 1.29 is 9.90 Å². The van der Waals surface area contributed by atoms with Crippen LogP contribution in [0.25, 0.3) is 0 Å². The third-order valence-electron chi connectivity index (χ3n) is 3.27. The zero-order chi connectivity index (χ0) is 16.4. The summed E-state index contributed by atoms with van der Waals surface area (Å²) in [4.78, 5) is 13.1. The zero-order valence-corrected chi connectivity index (χ0v) is 17.6. The molecule has 3 heterocycles. The van der Waals surface area contributed by atoms with E-state index in [0.29, 0.717) is 0 Å². The minimum Gasteiger partial charge on any atom is -0.394 e. The average molecular weight is 424 g/mol. The van der Waals surface area contributed by atoms with Gasteiger partial charge in [-0.25, -0.2) is 0 Å². The highest BCUT2D eigenvalue weighted by Crippen LogP contribution is 2.63. The number of aliphatic hydroxyl groups excluding tert-OH is 1. The van der Waals surface area contributed by atoms with Crippen molar-refractivity contribution in [1.29, 1.82) is 0 Å². The number of carbonyl (C=O) groups excluding carboxylic acids is 1. The molecule has 0 aromatic heterocycles. The lowest BCUT2D eigenvalue weighted by Gasteiger charge is -2.19. The summed E-state index contributed by atoms with van der Waals surface area (Å²) in [7, 11) is 0. The summed E-state index contributed by atoms with van der Waals surface area (Å²) in [5, 5.41) is 14.2. The fourth-order valence-corrected chi connectivity index (χ4v) is 10.3. The van der Waals surface area contributed by atoms with Crippen LogP contribution in [-0.2, 0) is 4.79 Å². The molecule has 0 bridgehead atoms. The minimum absolute atomic E-state index is 0.0285. The van der Waals surface area contributed by atoms with Crippen LogP contribution in [0.4, 0.5) is 0 Å². The van der Waals surface area contributed by atoms with Crippen molar-refractivity contribution in [3.05, 3.63) is 27.3 Å². The number of nitrogens with one attached hydrogen (secondary N) is 1. The first-order valence-corrected chi connectivity index (χ1v) is 12.4. The van der Waals surface area contributed by atoms with Gasteiger partial charge in [0.2, 0.25) is 0 Å². The van der Waals surface area contributed by atoms with Crippen LogP contribution in [0.15, 0.2) is 27.3 Å². The number of amides is 1. The molecule has 0 aromatic carbocycles. The van der Waals surface area contributed by atoms with Crippen LogP contribution in [0, 0.1) is 5.92 Å². The van der Waals surface area contributed by atoms with Crippen LogP contribution in [0.3, 0.4) is 0 Å².